The number of alkyl halides is 2. The number of allylic oxidation sites excluding steroid dienone is 1. The summed E-state index contributed by atoms with van der Waals surface area (Å²) in [5.74, 6) is -5.51. The summed E-state index contributed by atoms with van der Waals surface area (Å²) in [6, 6.07) is 8.05. The minimum Gasteiger partial charge on any atom is -0.497 e. The fraction of sp³-hybridized carbons (Fsp3) is 0.583. The Morgan fingerprint density at radius 2 is 1.76 bits per heavy atom. The van der Waals surface area contributed by atoms with Crippen molar-refractivity contribution in [3.8, 4) is 28.8 Å². The molecule has 1 aromatic carbocycles. The lowest BCUT2D eigenvalue weighted by atomic mass is 9.85. The summed E-state index contributed by atoms with van der Waals surface area (Å²) >= 11 is 0. The molecule has 2 saturated carbocycles. The van der Waals surface area contributed by atoms with Gasteiger partial charge < -0.3 is 34.5 Å². The molecule has 4 amide bonds. The Labute approximate surface area is 390 Å². The van der Waals surface area contributed by atoms with Crippen molar-refractivity contribution < 1.29 is 55.3 Å². The minimum absolute atomic E-state index is 0.00380. The molecule has 7 atom stereocenters. The van der Waals surface area contributed by atoms with E-state index in [1.165, 1.54) is 4.90 Å². The normalized spacial score (nSPS) is 26.1. The van der Waals surface area contributed by atoms with Gasteiger partial charge in [-0.05, 0) is 120 Å². The predicted octanol–water partition coefficient (Wildman–Crippen LogP) is 6.86. The highest BCUT2D eigenvalue weighted by atomic mass is 32.2. The highest BCUT2D eigenvalue weighted by molar-refractivity contribution is 7.91. The number of hydrogen-bond acceptors (Lipinski definition) is 12. The van der Waals surface area contributed by atoms with Crippen LogP contribution < -0.4 is 29.6 Å². The molecule has 4 heterocycles. The number of benzene rings is 1. The number of nitrogens with zero attached hydrogens (tertiary/aromatic N) is 3. The van der Waals surface area contributed by atoms with Crippen LogP contribution in [0.15, 0.2) is 54.7 Å². The zero-order chi connectivity index (χ0) is 48.6. The van der Waals surface area contributed by atoms with E-state index < -0.39 is 86.2 Å². The summed E-state index contributed by atoms with van der Waals surface area (Å²) in [5.41, 5.74) is -2.93. The Morgan fingerprint density at radius 1 is 1.03 bits per heavy atom. The highest BCUT2D eigenvalue weighted by Crippen LogP contribution is 2.46. The lowest BCUT2D eigenvalue weighted by Gasteiger charge is -2.35. The number of amides is 4. The average molecular weight is 953 g/mol. The molecular formula is C48H62F2N6O10S. The van der Waals surface area contributed by atoms with Crippen molar-refractivity contribution in [2.24, 2.45) is 17.8 Å². The highest BCUT2D eigenvalue weighted by Gasteiger charge is 2.62. The molecule has 2 aromatic heterocycles. The van der Waals surface area contributed by atoms with Crippen molar-refractivity contribution in [2.75, 3.05) is 13.7 Å². The minimum atomic E-state index is -4.00. The van der Waals surface area contributed by atoms with Crippen LogP contribution in [0.4, 0.5) is 13.6 Å². The van der Waals surface area contributed by atoms with Gasteiger partial charge in [-0.25, -0.2) is 27.0 Å². The Bertz CT molecular complexity index is 2500. The third kappa shape index (κ3) is 11.1. The first kappa shape index (κ1) is 49.3. The monoisotopic (exact) mass is 952 g/mol. The Kier molecular flexibility index (Phi) is 14.1. The number of nitrogens with one attached hydrogen (secondary N) is 3. The number of carbonyl (C=O) groups excluding carboxylic acids is 4. The van der Waals surface area contributed by atoms with Gasteiger partial charge in [0.05, 0.1) is 42.6 Å². The summed E-state index contributed by atoms with van der Waals surface area (Å²) in [6.45, 7) is 10.3. The van der Waals surface area contributed by atoms with E-state index in [-0.39, 0.29) is 37.3 Å². The van der Waals surface area contributed by atoms with Crippen molar-refractivity contribution >= 4 is 44.6 Å². The molecule has 0 spiro atoms. The number of sulfonamides is 1. The second-order valence-corrected chi connectivity index (χ2v) is 21.3. The standard InChI is InChI=1S/C48H62F2N6O10S/c1-9-29-20-28(4)12-10-11-13-31-24-48(31,44(59)55-67(61,62)35-16-17-35)54-41(57)39-23-34(26-56(39)43(58)40(29)53-45(60)66-46(5,6)47(7,49)50)65-42-36-18-14-32(63-8)21-30(36)22-38(52-42)37-19-15-33(25-51-37)64-27(2)3/h11,13-15,18-19,21-22,25,27-29,31,34-35,39-40H,9-10,12,16-17,20,23-24,26H2,1-8H3,(H,53,60)(H,54,57)(H,55,59). The van der Waals surface area contributed by atoms with Gasteiger partial charge in [0.2, 0.25) is 27.7 Å². The van der Waals surface area contributed by atoms with Crippen LogP contribution in [0.5, 0.6) is 17.4 Å². The van der Waals surface area contributed by atoms with E-state index in [0.717, 1.165) is 13.8 Å². The molecule has 3 N–H and O–H groups in total. The molecule has 4 aliphatic rings. The Morgan fingerprint density at radius 3 is 2.40 bits per heavy atom. The van der Waals surface area contributed by atoms with Gasteiger partial charge in [0.25, 0.3) is 11.8 Å². The van der Waals surface area contributed by atoms with E-state index in [1.54, 1.807) is 37.6 Å². The fourth-order valence-corrected chi connectivity index (χ4v) is 10.1. The topological polar surface area (TPSA) is 204 Å². The summed E-state index contributed by atoms with van der Waals surface area (Å²) < 4.78 is 80.8. The molecular weight excluding hydrogens is 891 g/mol. The summed E-state index contributed by atoms with van der Waals surface area (Å²) in [5, 5.41) is 6.06. The van der Waals surface area contributed by atoms with Crippen molar-refractivity contribution in [3.05, 3.63) is 54.7 Å². The van der Waals surface area contributed by atoms with E-state index in [2.05, 4.69) is 20.3 Å². The molecule has 7 unspecified atom stereocenters. The van der Waals surface area contributed by atoms with Crippen molar-refractivity contribution in [2.45, 2.75) is 146 Å². The summed E-state index contributed by atoms with van der Waals surface area (Å²) in [4.78, 5) is 68.4. The average Bonchev–Trinajstić information content (AvgIpc) is 4.19. The number of aromatic nitrogens is 2. The summed E-state index contributed by atoms with van der Waals surface area (Å²) in [7, 11) is -2.45. The molecule has 0 radical (unpaired) electrons. The number of hydrogen-bond donors (Lipinski definition) is 3. The number of pyridine rings is 2. The first-order chi connectivity index (χ1) is 31.5. The third-order valence-corrected chi connectivity index (χ3v) is 15.1. The molecule has 1 saturated heterocycles. The molecule has 19 heteroatoms. The molecule has 0 bridgehead atoms. The summed E-state index contributed by atoms with van der Waals surface area (Å²) in [6.07, 6.45) is 6.01. The zero-order valence-corrected chi connectivity index (χ0v) is 40.1. The number of rotatable bonds is 13. The van der Waals surface area contributed by atoms with Crippen molar-refractivity contribution in [1.82, 2.24) is 30.2 Å². The first-order valence-corrected chi connectivity index (χ1v) is 24.6. The number of methoxy groups -OCH3 is 1. The number of alkyl carbamates (subject to hydrolysis) is 1. The number of fused-ring (bicyclic) bond motifs is 3. The van der Waals surface area contributed by atoms with E-state index >= 15 is 4.79 Å². The van der Waals surface area contributed by atoms with Gasteiger partial charge in [-0.3, -0.25) is 24.1 Å². The van der Waals surface area contributed by atoms with E-state index in [0.29, 0.717) is 79.1 Å². The smallest absolute Gasteiger partial charge is 0.408 e. The van der Waals surface area contributed by atoms with Gasteiger partial charge in [-0.2, -0.15) is 0 Å². The van der Waals surface area contributed by atoms with Gasteiger partial charge in [-0.15, -0.1) is 0 Å². The van der Waals surface area contributed by atoms with Crippen LogP contribution in [0, 0.1) is 17.8 Å². The zero-order valence-electron chi connectivity index (χ0n) is 39.3. The molecule has 16 nitrogen and oxygen atoms in total. The fourth-order valence-electron chi connectivity index (χ4n) is 8.78. The molecule has 2 aliphatic heterocycles. The van der Waals surface area contributed by atoms with Crippen LogP contribution in [0.1, 0.15) is 99.8 Å². The number of ether oxygens (including phenoxy) is 4. The first-order valence-electron chi connectivity index (χ1n) is 23.0. The van der Waals surface area contributed by atoms with Crippen molar-refractivity contribution in [1.29, 1.82) is 0 Å². The maximum Gasteiger partial charge on any atom is 0.408 e. The van der Waals surface area contributed by atoms with Crippen LogP contribution in [0.2, 0.25) is 0 Å². The number of halogens is 2. The van der Waals surface area contributed by atoms with Gasteiger partial charge in [0, 0.05) is 24.6 Å². The molecule has 67 heavy (non-hydrogen) atoms. The van der Waals surface area contributed by atoms with E-state index in [9.17, 15) is 31.6 Å². The van der Waals surface area contributed by atoms with Gasteiger partial charge in [0.15, 0.2) is 5.60 Å². The predicted molar refractivity (Wildman–Crippen MR) is 245 cm³/mol. The SMILES string of the molecule is CCC1CC(C)CCC=CC2CC2(C(=O)NS(=O)(=O)C2CC2)NC(=O)C2CC(Oc3nc(-c4ccc(OC(C)C)cn4)cc4cc(OC)ccc34)CN2C(=O)C1NC(=O)OC(C)(C)C(C)(F)F. The third-order valence-electron chi connectivity index (χ3n) is 13.3. The lowest BCUT2D eigenvalue weighted by molar-refractivity contribution is -0.152. The van der Waals surface area contributed by atoms with Crippen LogP contribution in [0.3, 0.4) is 0 Å². The molecule has 3 fully saturated rings. The van der Waals surface area contributed by atoms with E-state index in [1.807, 2.05) is 52.0 Å². The van der Waals surface area contributed by atoms with Gasteiger partial charge in [0.1, 0.15) is 35.2 Å². The molecule has 364 valence electrons. The van der Waals surface area contributed by atoms with Crippen LogP contribution >= 0.6 is 0 Å². The maximum absolute atomic E-state index is 15.2. The Balaban J connectivity index is 1.27. The quantitative estimate of drug-likeness (QED) is 0.151. The number of carbonyl (C=O) groups is 4. The van der Waals surface area contributed by atoms with Crippen LogP contribution in [-0.2, 0) is 29.1 Å². The molecule has 2 aliphatic carbocycles. The Hall–Kier alpha value is -5.59. The van der Waals surface area contributed by atoms with Crippen LogP contribution in [0.25, 0.3) is 22.2 Å². The van der Waals surface area contributed by atoms with Gasteiger partial charge in [-0.1, -0.05) is 32.4 Å². The van der Waals surface area contributed by atoms with Crippen LogP contribution in [-0.4, -0.2) is 107 Å². The second-order valence-electron chi connectivity index (χ2n) is 19.3. The molecule has 3 aromatic rings. The second kappa shape index (κ2) is 19.2. The maximum atomic E-state index is 15.2. The van der Waals surface area contributed by atoms with Crippen molar-refractivity contribution in [3.63, 3.8) is 0 Å². The largest absolute Gasteiger partial charge is 0.497 e. The molecule has 7 rings (SSSR count). The lowest BCUT2D eigenvalue weighted by Crippen LogP contribution is -2.59. The van der Waals surface area contributed by atoms with Gasteiger partial charge >= 0.3 is 6.09 Å². The van der Waals surface area contributed by atoms with E-state index in [4.69, 9.17) is 23.9 Å².